The van der Waals surface area contributed by atoms with Crippen molar-refractivity contribution in [1.29, 1.82) is 0 Å². The molecular weight excluding hydrogens is 409 g/mol. The fourth-order valence-electron chi connectivity index (χ4n) is 2.44. The number of benzene rings is 1. The van der Waals surface area contributed by atoms with Gasteiger partial charge in [0.2, 0.25) is 0 Å². The van der Waals surface area contributed by atoms with Crippen LogP contribution in [0.4, 0.5) is 0 Å². The van der Waals surface area contributed by atoms with Crippen LogP contribution in [0.2, 0.25) is 0 Å². The summed E-state index contributed by atoms with van der Waals surface area (Å²) in [5.74, 6) is 1.17. The van der Waals surface area contributed by atoms with E-state index in [-0.39, 0.29) is 24.0 Å². The van der Waals surface area contributed by atoms with Gasteiger partial charge in [0.1, 0.15) is 6.10 Å². The molecule has 2 aromatic rings. The molecule has 0 spiro atoms. The molecule has 22 heavy (non-hydrogen) atoms. The molecule has 1 atom stereocenters. The molecule has 1 fully saturated rings. The van der Waals surface area contributed by atoms with Crippen LogP contribution in [0, 0.1) is 5.92 Å². The molecule has 6 heteroatoms. The first-order valence-electron chi connectivity index (χ1n) is 7.42. The number of hydrogen-bond acceptors (Lipinski definition) is 3. The van der Waals surface area contributed by atoms with Crippen LogP contribution >= 0.6 is 35.3 Å². The average Bonchev–Trinajstić information content (AvgIpc) is 2.87. The van der Waals surface area contributed by atoms with Crippen LogP contribution in [0.3, 0.4) is 0 Å². The van der Waals surface area contributed by atoms with Gasteiger partial charge < -0.3 is 16.2 Å². The monoisotopic (exact) mass is 431 g/mol. The highest BCUT2D eigenvalue weighted by molar-refractivity contribution is 14.0. The van der Waals surface area contributed by atoms with E-state index in [2.05, 4.69) is 22.4 Å². The second-order valence-electron chi connectivity index (χ2n) is 5.61. The molecule has 1 unspecified atom stereocenters. The summed E-state index contributed by atoms with van der Waals surface area (Å²) in [6.07, 6.45) is 3.30. The van der Waals surface area contributed by atoms with Crippen molar-refractivity contribution in [3.8, 4) is 0 Å². The first-order valence-corrected chi connectivity index (χ1v) is 8.24. The van der Waals surface area contributed by atoms with Gasteiger partial charge in [0.05, 0.1) is 6.54 Å². The van der Waals surface area contributed by atoms with Gasteiger partial charge in [0.25, 0.3) is 0 Å². The van der Waals surface area contributed by atoms with E-state index in [4.69, 9.17) is 5.73 Å². The van der Waals surface area contributed by atoms with Crippen molar-refractivity contribution in [2.45, 2.75) is 25.4 Å². The predicted molar refractivity (Wildman–Crippen MR) is 104 cm³/mol. The van der Waals surface area contributed by atoms with Gasteiger partial charge in [-0.2, -0.15) is 0 Å². The van der Waals surface area contributed by atoms with Crippen LogP contribution in [0.1, 0.15) is 30.2 Å². The van der Waals surface area contributed by atoms with E-state index in [1.165, 1.54) is 24.0 Å². The van der Waals surface area contributed by atoms with Crippen molar-refractivity contribution in [2.75, 3.05) is 13.1 Å². The zero-order valence-corrected chi connectivity index (χ0v) is 15.5. The summed E-state index contributed by atoms with van der Waals surface area (Å²) >= 11 is 1.61. The topological polar surface area (TPSA) is 70.6 Å². The maximum absolute atomic E-state index is 10.2. The lowest BCUT2D eigenvalue weighted by molar-refractivity contribution is 0.191. The number of nitrogens with one attached hydrogen (secondary N) is 1. The summed E-state index contributed by atoms with van der Waals surface area (Å²) in [5.41, 5.74) is 5.83. The molecule has 1 saturated carbocycles. The molecule has 120 valence electrons. The fraction of sp³-hybridized carbons (Fsp3) is 0.438. The van der Waals surface area contributed by atoms with Crippen LogP contribution in [0.25, 0.3) is 10.1 Å². The lowest BCUT2D eigenvalue weighted by Gasteiger charge is -2.25. The summed E-state index contributed by atoms with van der Waals surface area (Å²) in [6, 6.07) is 10.2. The minimum absolute atomic E-state index is 0. The average molecular weight is 431 g/mol. The Balaban J connectivity index is 0.00000176. The molecule has 0 saturated heterocycles. The Labute approximate surface area is 151 Å². The number of nitrogens with zero attached hydrogens (tertiary/aromatic N) is 1. The second-order valence-corrected chi connectivity index (χ2v) is 6.72. The number of fused-ring (bicyclic) bond motifs is 1. The molecule has 1 heterocycles. The summed E-state index contributed by atoms with van der Waals surface area (Å²) in [7, 11) is 0. The van der Waals surface area contributed by atoms with Gasteiger partial charge in [-0.15, -0.1) is 35.3 Å². The molecule has 1 aromatic heterocycles. The standard InChI is InChI=1S/C16H21N3OS.HI/c17-16(18-9-11-4-3-5-11)19-10-13(20)15-8-12-6-1-2-7-14(12)21-15;/h1-2,6-8,11,13,20H,3-5,9-10H2,(H3,17,18,19);1H. The number of hydrogen-bond donors (Lipinski definition) is 3. The third kappa shape index (κ3) is 4.33. The lowest BCUT2D eigenvalue weighted by Crippen LogP contribution is -2.37. The summed E-state index contributed by atoms with van der Waals surface area (Å²) in [4.78, 5) is 5.18. The maximum atomic E-state index is 10.2. The number of aliphatic imine (C=N–C) groups is 1. The molecule has 0 radical (unpaired) electrons. The van der Waals surface area contributed by atoms with E-state index in [1.54, 1.807) is 11.3 Å². The number of rotatable bonds is 5. The number of halogens is 1. The molecule has 0 aliphatic heterocycles. The first kappa shape index (κ1) is 17.5. The van der Waals surface area contributed by atoms with E-state index >= 15 is 0 Å². The van der Waals surface area contributed by atoms with E-state index in [0.717, 1.165) is 22.7 Å². The Hall–Kier alpha value is -0.860. The van der Waals surface area contributed by atoms with Crippen LogP contribution < -0.4 is 11.1 Å². The minimum Gasteiger partial charge on any atom is -0.386 e. The normalized spacial score (nSPS) is 16.9. The Kier molecular flexibility index (Phi) is 6.46. The molecule has 3 rings (SSSR count). The summed E-state index contributed by atoms with van der Waals surface area (Å²) in [5, 5.41) is 14.5. The number of thiophene rings is 1. The molecule has 1 aromatic carbocycles. The number of guanidine groups is 1. The van der Waals surface area contributed by atoms with Crippen molar-refractivity contribution >= 4 is 51.4 Å². The number of aliphatic hydroxyl groups is 1. The van der Waals surface area contributed by atoms with Crippen molar-refractivity contribution in [2.24, 2.45) is 16.6 Å². The van der Waals surface area contributed by atoms with Gasteiger partial charge in [0.15, 0.2) is 5.96 Å². The molecule has 1 aliphatic rings. The van der Waals surface area contributed by atoms with Gasteiger partial charge in [-0.25, -0.2) is 0 Å². The SMILES string of the molecule is I.NC(=NCC(O)c1cc2ccccc2s1)NCC1CCC1. The van der Waals surface area contributed by atoms with Crippen LogP contribution in [0.15, 0.2) is 35.3 Å². The minimum atomic E-state index is -0.591. The van der Waals surface area contributed by atoms with Gasteiger partial charge in [0, 0.05) is 16.1 Å². The molecule has 1 aliphatic carbocycles. The Bertz CT molecular complexity index is 606. The Morgan fingerprint density at radius 3 is 2.86 bits per heavy atom. The second kappa shape index (κ2) is 8.12. The van der Waals surface area contributed by atoms with E-state index in [1.807, 2.05) is 18.2 Å². The molecule has 4 N–H and O–H groups in total. The van der Waals surface area contributed by atoms with Crippen molar-refractivity contribution < 1.29 is 5.11 Å². The van der Waals surface area contributed by atoms with Gasteiger partial charge in [-0.05, 0) is 36.3 Å². The largest absolute Gasteiger partial charge is 0.386 e. The molecule has 0 amide bonds. The van der Waals surface area contributed by atoms with E-state index < -0.39 is 6.10 Å². The highest BCUT2D eigenvalue weighted by Crippen LogP contribution is 2.29. The first-order chi connectivity index (χ1) is 10.2. The van der Waals surface area contributed by atoms with E-state index in [9.17, 15) is 5.11 Å². The zero-order valence-electron chi connectivity index (χ0n) is 12.4. The summed E-state index contributed by atoms with van der Waals surface area (Å²) in [6.45, 7) is 1.20. The van der Waals surface area contributed by atoms with Gasteiger partial charge >= 0.3 is 0 Å². The Morgan fingerprint density at radius 2 is 2.18 bits per heavy atom. The molecular formula is C16H22IN3OS. The third-order valence-electron chi connectivity index (χ3n) is 4.00. The third-order valence-corrected chi connectivity index (χ3v) is 5.22. The van der Waals surface area contributed by atoms with Crippen LogP contribution in [-0.2, 0) is 0 Å². The van der Waals surface area contributed by atoms with E-state index in [0.29, 0.717) is 12.5 Å². The smallest absolute Gasteiger partial charge is 0.188 e. The summed E-state index contributed by atoms with van der Waals surface area (Å²) < 4.78 is 1.19. The molecule has 4 nitrogen and oxygen atoms in total. The number of aliphatic hydroxyl groups excluding tert-OH is 1. The van der Waals surface area contributed by atoms with Gasteiger partial charge in [-0.1, -0.05) is 24.6 Å². The Morgan fingerprint density at radius 1 is 1.41 bits per heavy atom. The van der Waals surface area contributed by atoms with Gasteiger partial charge in [-0.3, -0.25) is 4.99 Å². The number of nitrogens with two attached hydrogens (primary N) is 1. The van der Waals surface area contributed by atoms with Crippen molar-refractivity contribution in [3.63, 3.8) is 0 Å². The van der Waals surface area contributed by atoms with Crippen LogP contribution in [0.5, 0.6) is 0 Å². The highest BCUT2D eigenvalue weighted by Gasteiger charge is 2.17. The quantitative estimate of drug-likeness (QED) is 0.387. The van der Waals surface area contributed by atoms with Crippen molar-refractivity contribution in [1.82, 2.24) is 5.32 Å². The lowest BCUT2D eigenvalue weighted by atomic mass is 9.85. The predicted octanol–water partition coefficient (Wildman–Crippen LogP) is 3.26. The van der Waals surface area contributed by atoms with Crippen molar-refractivity contribution in [3.05, 3.63) is 35.2 Å². The maximum Gasteiger partial charge on any atom is 0.188 e. The zero-order chi connectivity index (χ0) is 14.7. The van der Waals surface area contributed by atoms with Crippen LogP contribution in [-0.4, -0.2) is 24.2 Å². The fourth-order valence-corrected chi connectivity index (χ4v) is 3.48. The highest BCUT2D eigenvalue weighted by atomic mass is 127. The molecule has 0 bridgehead atoms.